The molecule has 1 amide bonds. The first-order valence-corrected chi connectivity index (χ1v) is 10.2. The molecule has 3 aromatic rings. The van der Waals surface area contributed by atoms with Gasteiger partial charge in [0.05, 0.1) is 24.9 Å². The van der Waals surface area contributed by atoms with Crippen LogP contribution >= 0.6 is 0 Å². The van der Waals surface area contributed by atoms with E-state index in [1.807, 2.05) is 30.3 Å². The number of ether oxygens (including phenoxy) is 1. The first-order valence-electron chi connectivity index (χ1n) is 10.2. The predicted molar refractivity (Wildman–Crippen MR) is 125 cm³/mol. The first kappa shape index (κ1) is 21.8. The van der Waals surface area contributed by atoms with Gasteiger partial charge in [-0.3, -0.25) is 14.5 Å². The molecule has 1 unspecified atom stereocenters. The molecule has 0 aliphatic carbocycles. The lowest BCUT2D eigenvalue weighted by Crippen LogP contribution is -2.31. The number of Topliss-reactive ketones (excluding diaryl/α,β-unsaturated/α-hetero) is 1. The van der Waals surface area contributed by atoms with Crippen molar-refractivity contribution in [1.82, 2.24) is 0 Å². The van der Waals surface area contributed by atoms with Gasteiger partial charge in [-0.15, -0.1) is 0 Å². The smallest absolute Gasteiger partial charge is 0.294 e. The standard InChI is InChI=1S/C26H22N2O5/c1-32-21-14-10-19(11-15-21)24(29)22-23(18-6-4-3-5-7-18)28(26(31)25(22)30)20-12-8-17(9-13-20)16-27-33-2/h3-16,23,30H,1-2H3. The number of nitrogens with zero attached hydrogens (tertiary/aromatic N) is 2. The second-order valence-corrected chi connectivity index (χ2v) is 7.32. The fraction of sp³-hybridized carbons (Fsp3) is 0.115. The molecule has 1 aliphatic heterocycles. The number of amides is 1. The number of ketones is 1. The number of hydrogen-bond donors (Lipinski definition) is 1. The van der Waals surface area contributed by atoms with Gasteiger partial charge in [0.25, 0.3) is 5.91 Å². The highest BCUT2D eigenvalue weighted by Crippen LogP contribution is 2.41. The molecule has 0 spiro atoms. The van der Waals surface area contributed by atoms with E-state index < -0.39 is 23.5 Å². The number of carbonyl (C=O) groups is 2. The zero-order valence-corrected chi connectivity index (χ0v) is 18.1. The predicted octanol–water partition coefficient (Wildman–Crippen LogP) is 4.46. The van der Waals surface area contributed by atoms with Crippen LogP contribution in [0.4, 0.5) is 5.69 Å². The van der Waals surface area contributed by atoms with Crippen LogP contribution in [0.3, 0.4) is 0 Å². The molecule has 166 valence electrons. The molecule has 3 aromatic carbocycles. The molecule has 0 saturated heterocycles. The van der Waals surface area contributed by atoms with Crippen molar-refractivity contribution in [2.45, 2.75) is 6.04 Å². The second-order valence-electron chi connectivity index (χ2n) is 7.32. The van der Waals surface area contributed by atoms with Crippen molar-refractivity contribution in [2.75, 3.05) is 19.1 Å². The molecule has 0 fully saturated rings. The number of anilines is 1. The molecule has 1 N–H and O–H groups in total. The van der Waals surface area contributed by atoms with Crippen LogP contribution in [0.1, 0.15) is 27.5 Å². The van der Waals surface area contributed by atoms with Gasteiger partial charge in [-0.25, -0.2) is 0 Å². The second kappa shape index (κ2) is 9.40. The Kier molecular flexibility index (Phi) is 6.22. The maximum atomic E-state index is 13.5. The minimum Gasteiger partial charge on any atom is -0.503 e. The molecule has 7 nitrogen and oxygen atoms in total. The molecule has 1 atom stereocenters. The van der Waals surface area contributed by atoms with E-state index in [2.05, 4.69) is 5.16 Å². The van der Waals surface area contributed by atoms with Gasteiger partial charge in [0.2, 0.25) is 0 Å². The quantitative estimate of drug-likeness (QED) is 0.332. The van der Waals surface area contributed by atoms with Crippen molar-refractivity contribution < 1.29 is 24.3 Å². The summed E-state index contributed by atoms with van der Waals surface area (Å²) in [4.78, 5) is 32.8. The number of aliphatic hydroxyl groups is 1. The molecular formula is C26H22N2O5. The molecular weight excluding hydrogens is 420 g/mol. The van der Waals surface area contributed by atoms with Crippen molar-refractivity contribution >= 4 is 23.6 Å². The third-order valence-electron chi connectivity index (χ3n) is 5.40. The molecule has 7 heteroatoms. The highest BCUT2D eigenvalue weighted by Gasteiger charge is 2.44. The van der Waals surface area contributed by atoms with Gasteiger partial charge in [-0.2, -0.15) is 0 Å². The van der Waals surface area contributed by atoms with Crippen molar-refractivity contribution in [2.24, 2.45) is 5.16 Å². The largest absolute Gasteiger partial charge is 0.503 e. The summed E-state index contributed by atoms with van der Waals surface area (Å²) >= 11 is 0. The van der Waals surface area contributed by atoms with Gasteiger partial charge in [0, 0.05) is 11.3 Å². The third-order valence-corrected chi connectivity index (χ3v) is 5.40. The average molecular weight is 442 g/mol. The normalized spacial score (nSPS) is 15.9. The molecule has 0 saturated carbocycles. The molecule has 0 aromatic heterocycles. The van der Waals surface area contributed by atoms with E-state index >= 15 is 0 Å². The van der Waals surface area contributed by atoms with Crippen molar-refractivity contribution in [3.05, 3.63) is 107 Å². The number of oxime groups is 1. The van der Waals surface area contributed by atoms with E-state index in [1.54, 1.807) is 54.7 Å². The van der Waals surface area contributed by atoms with E-state index in [-0.39, 0.29) is 5.57 Å². The Balaban J connectivity index is 1.78. The van der Waals surface area contributed by atoms with Gasteiger partial charge in [-0.1, -0.05) is 47.6 Å². The van der Waals surface area contributed by atoms with Gasteiger partial charge >= 0.3 is 0 Å². The first-order chi connectivity index (χ1) is 16.0. The van der Waals surface area contributed by atoms with Crippen LogP contribution in [0.15, 0.2) is 95.4 Å². The van der Waals surface area contributed by atoms with Crippen molar-refractivity contribution in [3.8, 4) is 5.75 Å². The summed E-state index contributed by atoms with van der Waals surface area (Å²) in [6.07, 6.45) is 1.54. The van der Waals surface area contributed by atoms with Gasteiger partial charge < -0.3 is 14.7 Å². The maximum Gasteiger partial charge on any atom is 0.294 e. The fourth-order valence-electron chi connectivity index (χ4n) is 3.79. The third kappa shape index (κ3) is 4.21. The number of carbonyl (C=O) groups excluding carboxylic acids is 2. The summed E-state index contributed by atoms with van der Waals surface area (Å²) in [5.41, 5.74) is 2.39. The molecule has 4 rings (SSSR count). The zero-order valence-electron chi connectivity index (χ0n) is 18.1. The number of methoxy groups -OCH3 is 1. The Morgan fingerprint density at radius 3 is 2.24 bits per heavy atom. The lowest BCUT2D eigenvalue weighted by atomic mass is 9.92. The van der Waals surface area contributed by atoms with Gasteiger partial charge in [0.15, 0.2) is 11.5 Å². The summed E-state index contributed by atoms with van der Waals surface area (Å²) in [5.74, 6) is -1.02. The lowest BCUT2D eigenvalue weighted by Gasteiger charge is -2.27. The molecule has 1 heterocycles. The molecule has 1 aliphatic rings. The number of benzene rings is 3. The van der Waals surface area contributed by atoms with Crippen LogP contribution in [-0.4, -0.2) is 37.2 Å². The van der Waals surface area contributed by atoms with E-state index in [1.165, 1.54) is 19.1 Å². The number of rotatable bonds is 7. The van der Waals surface area contributed by atoms with Crippen molar-refractivity contribution in [3.63, 3.8) is 0 Å². The van der Waals surface area contributed by atoms with Crippen LogP contribution in [-0.2, 0) is 9.63 Å². The zero-order chi connectivity index (χ0) is 23.4. The summed E-state index contributed by atoms with van der Waals surface area (Å²) in [6, 6.07) is 21.9. The van der Waals surface area contributed by atoms with Crippen LogP contribution < -0.4 is 9.64 Å². The molecule has 0 bridgehead atoms. The Labute approximate surface area is 191 Å². The van der Waals surface area contributed by atoms with Gasteiger partial charge in [0.1, 0.15) is 12.9 Å². The minimum atomic E-state index is -0.785. The van der Waals surface area contributed by atoms with Gasteiger partial charge in [-0.05, 0) is 47.5 Å². The highest BCUT2D eigenvalue weighted by atomic mass is 16.6. The van der Waals surface area contributed by atoms with Crippen LogP contribution in [0.2, 0.25) is 0 Å². The van der Waals surface area contributed by atoms with Crippen molar-refractivity contribution in [1.29, 1.82) is 0 Å². The van der Waals surface area contributed by atoms with E-state index in [0.29, 0.717) is 22.6 Å². The van der Waals surface area contributed by atoms with E-state index in [9.17, 15) is 14.7 Å². The lowest BCUT2D eigenvalue weighted by molar-refractivity contribution is -0.117. The highest BCUT2D eigenvalue weighted by molar-refractivity contribution is 6.21. The Morgan fingerprint density at radius 2 is 1.64 bits per heavy atom. The monoisotopic (exact) mass is 442 g/mol. The summed E-state index contributed by atoms with van der Waals surface area (Å²) in [7, 11) is 2.99. The summed E-state index contributed by atoms with van der Waals surface area (Å²) in [5, 5.41) is 14.6. The number of hydrogen-bond acceptors (Lipinski definition) is 6. The van der Waals surface area contributed by atoms with Crippen LogP contribution in [0, 0.1) is 0 Å². The van der Waals surface area contributed by atoms with E-state index in [0.717, 1.165) is 5.56 Å². The fourth-order valence-corrected chi connectivity index (χ4v) is 3.79. The number of aliphatic hydroxyl groups excluding tert-OH is 1. The molecule has 0 radical (unpaired) electrons. The Morgan fingerprint density at radius 1 is 0.970 bits per heavy atom. The van der Waals surface area contributed by atoms with E-state index in [4.69, 9.17) is 9.57 Å². The Hall–Kier alpha value is -4.39. The average Bonchev–Trinajstić information content (AvgIpc) is 3.13. The molecule has 33 heavy (non-hydrogen) atoms. The topological polar surface area (TPSA) is 88.4 Å². The Bertz CT molecular complexity index is 1220. The SMILES string of the molecule is CON=Cc1ccc(N2C(=O)C(O)=C(C(=O)c3ccc(OC)cc3)C2c2ccccc2)cc1. The van der Waals surface area contributed by atoms with Crippen LogP contribution in [0.5, 0.6) is 5.75 Å². The minimum absolute atomic E-state index is 0.0291. The maximum absolute atomic E-state index is 13.5. The van der Waals surface area contributed by atoms with Crippen LogP contribution in [0.25, 0.3) is 0 Å². The summed E-state index contributed by atoms with van der Waals surface area (Å²) < 4.78 is 5.16. The summed E-state index contributed by atoms with van der Waals surface area (Å²) in [6.45, 7) is 0.